The second kappa shape index (κ2) is 4.81. The predicted molar refractivity (Wildman–Crippen MR) is 68.0 cm³/mol. The van der Waals surface area contributed by atoms with E-state index in [-0.39, 0.29) is 11.5 Å². The van der Waals surface area contributed by atoms with Crippen LogP contribution >= 0.6 is 23.8 Å². The number of hydrogen-bond donors (Lipinski definition) is 2. The van der Waals surface area contributed by atoms with Gasteiger partial charge in [-0.1, -0.05) is 18.5 Å². The lowest BCUT2D eigenvalue weighted by molar-refractivity contribution is 0.102. The van der Waals surface area contributed by atoms with Crippen molar-refractivity contribution in [1.82, 2.24) is 15.0 Å². The van der Waals surface area contributed by atoms with Crippen LogP contribution in [0.25, 0.3) is 0 Å². The molecule has 0 atom stereocenters. The lowest BCUT2D eigenvalue weighted by Gasteiger charge is -2.01. The summed E-state index contributed by atoms with van der Waals surface area (Å²) in [6, 6.07) is 3.31. The second-order valence-corrected chi connectivity index (χ2v) is 4.26. The molecule has 0 fully saturated rings. The molecule has 17 heavy (non-hydrogen) atoms. The summed E-state index contributed by atoms with van der Waals surface area (Å²) >= 11 is 10.9. The lowest BCUT2D eigenvalue weighted by atomic mass is 10.1. The Morgan fingerprint density at radius 3 is 2.94 bits per heavy atom. The van der Waals surface area contributed by atoms with Gasteiger partial charge >= 0.3 is 0 Å². The number of aromatic nitrogens is 3. The first kappa shape index (κ1) is 12.0. The minimum absolute atomic E-state index is 0.231. The van der Waals surface area contributed by atoms with Gasteiger partial charge in [-0.3, -0.25) is 9.78 Å². The summed E-state index contributed by atoms with van der Waals surface area (Å²) in [5, 5.41) is 0.333. The third-order valence-corrected chi connectivity index (χ3v) is 2.87. The van der Waals surface area contributed by atoms with Gasteiger partial charge in [0.1, 0.15) is 11.4 Å². The quantitative estimate of drug-likeness (QED) is 0.664. The molecule has 0 saturated carbocycles. The maximum atomic E-state index is 12.2. The zero-order chi connectivity index (χ0) is 12.4. The molecule has 0 aliphatic rings. The Morgan fingerprint density at radius 1 is 1.53 bits per heavy atom. The fourth-order valence-electron chi connectivity index (χ4n) is 1.55. The van der Waals surface area contributed by atoms with Crippen molar-refractivity contribution in [3.63, 3.8) is 0 Å². The van der Waals surface area contributed by atoms with E-state index in [2.05, 4.69) is 15.0 Å². The molecule has 0 amide bonds. The highest BCUT2D eigenvalue weighted by Gasteiger charge is 2.18. The van der Waals surface area contributed by atoms with Gasteiger partial charge in [0.25, 0.3) is 0 Å². The monoisotopic (exact) mass is 267 g/mol. The number of aromatic amines is 2. The third kappa shape index (κ3) is 2.30. The number of carbonyl (C=O) groups excluding carboxylic acids is 1. The molecule has 2 heterocycles. The summed E-state index contributed by atoms with van der Waals surface area (Å²) in [6.07, 6.45) is 2.21. The van der Waals surface area contributed by atoms with Crippen molar-refractivity contribution in [2.24, 2.45) is 0 Å². The number of carbonyl (C=O) groups is 1. The Balaban J connectivity index is 2.51. The van der Waals surface area contributed by atoms with Crippen LogP contribution in [0.1, 0.15) is 28.8 Å². The summed E-state index contributed by atoms with van der Waals surface area (Å²) in [4.78, 5) is 22.0. The van der Waals surface area contributed by atoms with Crippen molar-refractivity contribution in [3.05, 3.63) is 45.2 Å². The van der Waals surface area contributed by atoms with Gasteiger partial charge in [-0.2, -0.15) is 0 Å². The molecule has 0 radical (unpaired) electrons. The van der Waals surface area contributed by atoms with E-state index in [0.717, 1.165) is 5.69 Å². The summed E-state index contributed by atoms with van der Waals surface area (Å²) in [6.45, 7) is 1.94. The molecule has 0 aromatic carbocycles. The number of pyridine rings is 1. The van der Waals surface area contributed by atoms with Crippen molar-refractivity contribution in [2.75, 3.05) is 0 Å². The molecule has 2 aromatic heterocycles. The zero-order valence-corrected chi connectivity index (χ0v) is 10.7. The molecule has 0 saturated heterocycles. The van der Waals surface area contributed by atoms with Gasteiger partial charge in [0.05, 0.1) is 5.02 Å². The van der Waals surface area contributed by atoms with Crippen LogP contribution in [0.3, 0.4) is 0 Å². The van der Waals surface area contributed by atoms with E-state index in [1.54, 1.807) is 12.1 Å². The maximum Gasteiger partial charge on any atom is 0.230 e. The molecular weight excluding hydrogens is 258 g/mol. The Morgan fingerprint density at radius 2 is 2.29 bits per heavy atom. The third-order valence-electron chi connectivity index (χ3n) is 2.36. The van der Waals surface area contributed by atoms with Gasteiger partial charge in [-0.05, 0) is 30.8 Å². The van der Waals surface area contributed by atoms with E-state index < -0.39 is 0 Å². The number of nitrogens with zero attached hydrogens (tertiary/aromatic N) is 1. The number of aryl methyl sites for hydroxylation is 1. The molecule has 2 rings (SSSR count). The first-order chi connectivity index (χ1) is 8.13. The van der Waals surface area contributed by atoms with Crippen LogP contribution < -0.4 is 0 Å². The van der Waals surface area contributed by atoms with Crippen LogP contribution in [-0.2, 0) is 6.42 Å². The lowest BCUT2D eigenvalue weighted by Crippen LogP contribution is -2.07. The first-order valence-corrected chi connectivity index (χ1v) is 5.88. The average molecular weight is 268 g/mol. The molecule has 6 heteroatoms. The number of nitrogens with one attached hydrogen (secondary N) is 2. The van der Waals surface area contributed by atoms with E-state index in [1.165, 1.54) is 6.20 Å². The highest BCUT2D eigenvalue weighted by molar-refractivity contribution is 7.71. The summed E-state index contributed by atoms with van der Waals surface area (Å²) in [7, 11) is 0. The smallest absolute Gasteiger partial charge is 0.230 e. The fourth-order valence-corrected chi connectivity index (χ4v) is 1.98. The zero-order valence-electron chi connectivity index (χ0n) is 9.08. The van der Waals surface area contributed by atoms with E-state index in [9.17, 15) is 4.79 Å². The van der Waals surface area contributed by atoms with E-state index in [0.29, 0.717) is 21.9 Å². The molecule has 2 aromatic rings. The molecule has 0 aliphatic heterocycles. The molecular formula is C11H10ClN3OS. The minimum Gasteiger partial charge on any atom is -0.334 e. The maximum absolute atomic E-state index is 12.2. The highest BCUT2D eigenvalue weighted by Crippen LogP contribution is 2.17. The fraction of sp³-hybridized carbons (Fsp3) is 0.182. The molecule has 0 bridgehead atoms. The van der Waals surface area contributed by atoms with Crippen LogP contribution in [0, 0.1) is 4.77 Å². The molecule has 2 N–H and O–H groups in total. The van der Waals surface area contributed by atoms with Gasteiger partial charge in [0.2, 0.25) is 5.78 Å². The van der Waals surface area contributed by atoms with Gasteiger partial charge in [-0.15, -0.1) is 0 Å². The first-order valence-electron chi connectivity index (χ1n) is 5.10. The topological polar surface area (TPSA) is 61.5 Å². The summed E-state index contributed by atoms with van der Waals surface area (Å²) < 4.78 is 0.428. The van der Waals surface area contributed by atoms with Crippen LogP contribution in [-0.4, -0.2) is 20.7 Å². The van der Waals surface area contributed by atoms with Crippen LogP contribution in [0.2, 0.25) is 5.02 Å². The van der Waals surface area contributed by atoms with Crippen molar-refractivity contribution in [1.29, 1.82) is 0 Å². The van der Waals surface area contributed by atoms with Crippen molar-refractivity contribution >= 4 is 29.6 Å². The minimum atomic E-state index is -0.250. The predicted octanol–water partition coefficient (Wildman–Crippen LogP) is 2.91. The van der Waals surface area contributed by atoms with Crippen LogP contribution in [0.5, 0.6) is 0 Å². The molecule has 0 aliphatic carbocycles. The number of ketones is 1. The molecule has 88 valence electrons. The Labute approximate surface area is 108 Å². The summed E-state index contributed by atoms with van der Waals surface area (Å²) in [5.74, 6) is -0.250. The molecule has 0 unspecified atom stereocenters. The largest absolute Gasteiger partial charge is 0.334 e. The number of H-pyrrole nitrogens is 2. The van der Waals surface area contributed by atoms with Gasteiger partial charge < -0.3 is 9.97 Å². The van der Waals surface area contributed by atoms with Gasteiger partial charge in [0, 0.05) is 11.9 Å². The molecule has 0 spiro atoms. The van der Waals surface area contributed by atoms with Crippen molar-refractivity contribution in [2.45, 2.75) is 13.3 Å². The molecule has 4 nitrogen and oxygen atoms in total. The van der Waals surface area contributed by atoms with E-state index in [1.807, 2.05) is 6.92 Å². The number of rotatable bonds is 3. The normalized spacial score (nSPS) is 10.5. The van der Waals surface area contributed by atoms with E-state index >= 15 is 0 Å². The summed E-state index contributed by atoms with van der Waals surface area (Å²) in [5.41, 5.74) is 1.42. The Kier molecular flexibility index (Phi) is 3.40. The van der Waals surface area contributed by atoms with E-state index in [4.69, 9.17) is 23.8 Å². The van der Waals surface area contributed by atoms with Crippen LogP contribution in [0.15, 0.2) is 18.3 Å². The average Bonchev–Trinajstić information content (AvgIpc) is 2.70. The van der Waals surface area contributed by atoms with Crippen LogP contribution in [0.4, 0.5) is 0 Å². The van der Waals surface area contributed by atoms with Crippen molar-refractivity contribution < 1.29 is 4.79 Å². The SMILES string of the molecule is CCc1[nH]c(=S)[nH]c1C(=O)c1ncccc1Cl. The second-order valence-electron chi connectivity index (χ2n) is 3.45. The number of hydrogen-bond acceptors (Lipinski definition) is 3. The Hall–Kier alpha value is -1.46. The standard InChI is InChI=1S/C11H10ClN3OS/c1-2-7-9(15-11(17)14-7)10(16)8-6(12)4-3-5-13-8/h3-5H,2H2,1H3,(H2,14,15,17). The van der Waals surface area contributed by atoms with Gasteiger partial charge in [-0.25, -0.2) is 0 Å². The highest BCUT2D eigenvalue weighted by atomic mass is 35.5. The van der Waals surface area contributed by atoms with Crippen molar-refractivity contribution in [3.8, 4) is 0 Å². The van der Waals surface area contributed by atoms with Gasteiger partial charge in [0.15, 0.2) is 4.77 Å². The number of halogens is 1. The Bertz CT molecular complexity index is 617. The number of imidazole rings is 1.